The molecule has 1 heterocycles. The van der Waals surface area contributed by atoms with Gasteiger partial charge in [-0.1, -0.05) is 13.8 Å². The highest BCUT2D eigenvalue weighted by Gasteiger charge is 2.34. The topological polar surface area (TPSA) is 28.4 Å². The highest BCUT2D eigenvalue weighted by atomic mass is 16.3. The van der Waals surface area contributed by atoms with Crippen LogP contribution < -0.4 is 5.01 Å². The summed E-state index contributed by atoms with van der Waals surface area (Å²) in [7, 11) is 4.09. The Balaban J connectivity index is 2.54. The number of aliphatic hydroxyl groups excluding tert-OH is 1. The third kappa shape index (κ3) is 1.73. The van der Waals surface area contributed by atoms with Crippen LogP contribution in [0.15, 0.2) is 6.07 Å². The minimum absolute atomic E-state index is 0.185. The van der Waals surface area contributed by atoms with Crippen molar-refractivity contribution in [1.82, 2.24) is 4.68 Å². The molecular weight excluding hydrogens is 200 g/mol. The van der Waals surface area contributed by atoms with Gasteiger partial charge in [0.1, 0.15) is 0 Å². The van der Waals surface area contributed by atoms with Crippen molar-refractivity contribution in [2.45, 2.75) is 39.7 Å². The summed E-state index contributed by atoms with van der Waals surface area (Å²) in [5, 5.41) is 12.3. The number of rotatable bonds is 1. The fourth-order valence-electron chi connectivity index (χ4n) is 2.89. The number of aryl methyl sites for hydroxylation is 1. The lowest BCUT2D eigenvalue weighted by Crippen LogP contribution is -2.33. The molecule has 1 aliphatic rings. The molecule has 16 heavy (non-hydrogen) atoms. The maximum atomic E-state index is 10.2. The van der Waals surface area contributed by atoms with Gasteiger partial charge < -0.3 is 10.1 Å². The van der Waals surface area contributed by atoms with Gasteiger partial charge in [-0.15, -0.1) is 0 Å². The highest BCUT2D eigenvalue weighted by Crippen LogP contribution is 2.41. The largest absolute Gasteiger partial charge is 0.388 e. The molecule has 0 aromatic carbocycles. The van der Waals surface area contributed by atoms with Gasteiger partial charge in [0.2, 0.25) is 0 Å². The van der Waals surface area contributed by atoms with Crippen LogP contribution in [-0.2, 0) is 6.42 Å². The van der Waals surface area contributed by atoms with Crippen LogP contribution in [0.1, 0.15) is 43.3 Å². The zero-order valence-corrected chi connectivity index (χ0v) is 10.9. The SMILES string of the molecule is Cc1cc2c(n1N(C)C)CC(C)(C)CC2O. The van der Waals surface area contributed by atoms with E-state index in [0.717, 1.165) is 18.4 Å². The van der Waals surface area contributed by atoms with Crippen molar-refractivity contribution in [3.63, 3.8) is 0 Å². The molecule has 1 aliphatic carbocycles. The zero-order chi connectivity index (χ0) is 12.1. The normalized spacial score (nSPS) is 23.0. The molecule has 0 saturated heterocycles. The lowest BCUT2D eigenvalue weighted by molar-refractivity contribution is 0.0980. The van der Waals surface area contributed by atoms with Gasteiger partial charge in [0.25, 0.3) is 0 Å². The highest BCUT2D eigenvalue weighted by molar-refractivity contribution is 5.34. The van der Waals surface area contributed by atoms with E-state index in [1.807, 2.05) is 14.1 Å². The van der Waals surface area contributed by atoms with Gasteiger partial charge in [-0.3, -0.25) is 4.68 Å². The second kappa shape index (κ2) is 3.52. The molecule has 0 bridgehead atoms. The van der Waals surface area contributed by atoms with Crippen LogP contribution in [0, 0.1) is 12.3 Å². The molecule has 1 aromatic heterocycles. The van der Waals surface area contributed by atoms with E-state index in [0.29, 0.717) is 0 Å². The van der Waals surface area contributed by atoms with Crippen molar-refractivity contribution in [2.75, 3.05) is 19.1 Å². The molecule has 90 valence electrons. The van der Waals surface area contributed by atoms with Gasteiger partial charge >= 0.3 is 0 Å². The van der Waals surface area contributed by atoms with E-state index in [4.69, 9.17) is 0 Å². The molecule has 0 aliphatic heterocycles. The average molecular weight is 222 g/mol. The van der Waals surface area contributed by atoms with E-state index in [1.54, 1.807) is 0 Å². The van der Waals surface area contributed by atoms with E-state index in [9.17, 15) is 5.11 Å². The van der Waals surface area contributed by atoms with Crippen LogP contribution in [0.4, 0.5) is 0 Å². The van der Waals surface area contributed by atoms with Crippen molar-refractivity contribution in [3.05, 3.63) is 23.0 Å². The smallest absolute Gasteiger partial charge is 0.0813 e. The number of nitrogens with zero attached hydrogens (tertiary/aromatic N) is 2. The maximum absolute atomic E-state index is 10.2. The number of fused-ring (bicyclic) bond motifs is 1. The minimum Gasteiger partial charge on any atom is -0.388 e. The summed E-state index contributed by atoms with van der Waals surface area (Å²) in [4.78, 5) is 0. The number of hydrogen-bond acceptors (Lipinski definition) is 2. The first-order valence-electron chi connectivity index (χ1n) is 5.88. The van der Waals surface area contributed by atoms with Gasteiger partial charge in [-0.2, -0.15) is 0 Å². The van der Waals surface area contributed by atoms with Gasteiger partial charge in [0, 0.05) is 31.0 Å². The molecule has 0 radical (unpaired) electrons. The second-order valence-electron chi connectivity index (χ2n) is 5.91. The van der Waals surface area contributed by atoms with Crippen molar-refractivity contribution >= 4 is 0 Å². The Morgan fingerprint density at radius 2 is 2.06 bits per heavy atom. The van der Waals surface area contributed by atoms with Crippen LogP contribution in [0.2, 0.25) is 0 Å². The predicted octanol–water partition coefficient (Wildman–Crippen LogP) is 2.00. The Morgan fingerprint density at radius 3 is 2.62 bits per heavy atom. The lowest BCUT2D eigenvalue weighted by atomic mass is 9.75. The molecule has 1 unspecified atom stereocenters. The summed E-state index contributed by atoms with van der Waals surface area (Å²) >= 11 is 0. The van der Waals surface area contributed by atoms with Crippen LogP contribution in [0.25, 0.3) is 0 Å². The molecular formula is C13H22N2O. The van der Waals surface area contributed by atoms with E-state index < -0.39 is 0 Å². The van der Waals surface area contributed by atoms with Crippen molar-refractivity contribution in [1.29, 1.82) is 0 Å². The molecule has 1 atom stereocenters. The predicted molar refractivity (Wildman–Crippen MR) is 66.3 cm³/mol. The monoisotopic (exact) mass is 222 g/mol. The molecule has 3 heteroatoms. The summed E-state index contributed by atoms with van der Waals surface area (Å²) < 4.78 is 2.21. The van der Waals surface area contributed by atoms with Crippen LogP contribution >= 0.6 is 0 Å². The summed E-state index contributed by atoms with van der Waals surface area (Å²) in [6, 6.07) is 2.12. The molecule has 1 N–H and O–H groups in total. The van der Waals surface area contributed by atoms with Crippen LogP contribution in [0.5, 0.6) is 0 Å². The molecule has 3 nitrogen and oxygen atoms in total. The average Bonchev–Trinajstić information content (AvgIpc) is 2.39. The van der Waals surface area contributed by atoms with Gasteiger partial charge in [-0.05, 0) is 31.2 Å². The number of hydrogen-bond donors (Lipinski definition) is 1. The Labute approximate surface area is 97.7 Å². The lowest BCUT2D eigenvalue weighted by Gasteiger charge is -2.35. The van der Waals surface area contributed by atoms with E-state index in [2.05, 4.69) is 36.5 Å². The Kier molecular flexibility index (Phi) is 2.54. The Bertz CT molecular complexity index is 404. The molecule has 1 aromatic rings. The minimum atomic E-state index is -0.307. The van der Waals surface area contributed by atoms with Crippen LogP contribution in [-0.4, -0.2) is 23.9 Å². The third-order valence-corrected chi connectivity index (χ3v) is 3.44. The second-order valence-corrected chi connectivity index (χ2v) is 5.91. The standard InChI is InChI=1S/C13H22N2O/c1-9-6-10-11(15(9)14(4)5)7-13(2,3)8-12(10)16/h6,12,16H,7-8H2,1-5H3. The summed E-state index contributed by atoms with van der Waals surface area (Å²) in [6.07, 6.45) is 1.58. The Hall–Kier alpha value is -0.960. The fraction of sp³-hybridized carbons (Fsp3) is 0.692. The van der Waals surface area contributed by atoms with E-state index >= 15 is 0 Å². The third-order valence-electron chi connectivity index (χ3n) is 3.44. The molecule has 0 amide bonds. The van der Waals surface area contributed by atoms with E-state index in [1.165, 1.54) is 11.4 Å². The van der Waals surface area contributed by atoms with Gasteiger partial charge in [0.15, 0.2) is 0 Å². The number of aromatic nitrogens is 1. The first-order valence-corrected chi connectivity index (χ1v) is 5.88. The maximum Gasteiger partial charge on any atom is 0.0813 e. The summed E-state index contributed by atoms with van der Waals surface area (Å²) in [5.74, 6) is 0. The molecule has 0 spiro atoms. The quantitative estimate of drug-likeness (QED) is 0.787. The molecule has 0 fully saturated rings. The van der Waals surface area contributed by atoms with Gasteiger partial charge in [0.05, 0.1) is 6.10 Å². The summed E-state index contributed by atoms with van der Waals surface area (Å²) in [5.41, 5.74) is 3.77. The van der Waals surface area contributed by atoms with Crippen LogP contribution in [0.3, 0.4) is 0 Å². The van der Waals surface area contributed by atoms with Crippen molar-refractivity contribution in [3.8, 4) is 0 Å². The first kappa shape index (κ1) is 11.5. The molecule has 0 saturated carbocycles. The number of aliphatic hydroxyl groups is 1. The van der Waals surface area contributed by atoms with Crippen molar-refractivity contribution in [2.24, 2.45) is 5.41 Å². The first-order chi connectivity index (χ1) is 7.32. The van der Waals surface area contributed by atoms with Crippen molar-refractivity contribution < 1.29 is 5.11 Å². The van der Waals surface area contributed by atoms with Gasteiger partial charge in [-0.25, -0.2) is 0 Å². The summed E-state index contributed by atoms with van der Waals surface area (Å²) in [6.45, 7) is 6.54. The fourth-order valence-corrected chi connectivity index (χ4v) is 2.89. The Morgan fingerprint density at radius 1 is 1.44 bits per heavy atom. The van der Waals surface area contributed by atoms with E-state index in [-0.39, 0.29) is 11.5 Å². The zero-order valence-electron chi connectivity index (χ0n) is 10.9. The molecule has 2 rings (SSSR count).